The number of amides is 1. The summed E-state index contributed by atoms with van der Waals surface area (Å²) in [6, 6.07) is 12.2. The number of carbonyl (C=O) groups is 1. The maximum Gasteiger partial charge on any atom is 0.270 e. The third-order valence-electron chi connectivity index (χ3n) is 4.85. The summed E-state index contributed by atoms with van der Waals surface area (Å²) in [5, 5.41) is 20.2. The Morgan fingerprint density at radius 1 is 1.04 bits per heavy atom. The van der Waals surface area contributed by atoms with E-state index < -0.39 is 10.8 Å². The quantitative estimate of drug-likeness (QED) is 0.510. The number of anilines is 3. The van der Waals surface area contributed by atoms with E-state index in [1.54, 1.807) is 7.05 Å². The fourth-order valence-electron chi connectivity index (χ4n) is 3.38. The number of rotatable bonds is 6. The molecule has 0 bridgehead atoms. The maximum atomic E-state index is 12.6. The van der Waals surface area contributed by atoms with Crippen molar-refractivity contribution in [1.82, 2.24) is 0 Å². The first kappa shape index (κ1) is 18.7. The van der Waals surface area contributed by atoms with Crippen molar-refractivity contribution in [2.75, 3.05) is 23.0 Å². The summed E-state index contributed by atoms with van der Waals surface area (Å²) >= 11 is 0. The molecule has 2 aromatic rings. The summed E-state index contributed by atoms with van der Waals surface area (Å²) in [7, 11) is 1.67. The predicted molar refractivity (Wildman–Crippen MR) is 108 cm³/mol. The van der Waals surface area contributed by atoms with E-state index in [0.29, 0.717) is 17.4 Å². The van der Waals surface area contributed by atoms with Crippen molar-refractivity contribution in [3.05, 3.63) is 58.1 Å². The Kier molecular flexibility index (Phi) is 5.90. The van der Waals surface area contributed by atoms with Crippen molar-refractivity contribution < 1.29 is 9.72 Å². The maximum absolute atomic E-state index is 12.6. The van der Waals surface area contributed by atoms with E-state index in [1.165, 1.54) is 50.3 Å². The van der Waals surface area contributed by atoms with Crippen LogP contribution in [0.15, 0.2) is 42.5 Å². The molecule has 1 fully saturated rings. The Morgan fingerprint density at radius 3 is 2.33 bits per heavy atom. The Morgan fingerprint density at radius 2 is 1.70 bits per heavy atom. The zero-order valence-electron chi connectivity index (χ0n) is 15.3. The van der Waals surface area contributed by atoms with E-state index in [4.69, 9.17) is 0 Å². The molecule has 1 amide bonds. The van der Waals surface area contributed by atoms with Crippen molar-refractivity contribution in [3.63, 3.8) is 0 Å². The highest BCUT2D eigenvalue weighted by Gasteiger charge is 2.17. The molecule has 142 valence electrons. The number of nitrogens with one attached hydrogen (secondary N) is 3. The lowest BCUT2D eigenvalue weighted by Crippen LogP contribution is -2.22. The molecule has 7 nitrogen and oxygen atoms in total. The van der Waals surface area contributed by atoms with Crippen LogP contribution in [0.1, 0.15) is 42.5 Å². The van der Waals surface area contributed by atoms with Gasteiger partial charge >= 0.3 is 0 Å². The van der Waals surface area contributed by atoms with Crippen LogP contribution in [0.4, 0.5) is 22.7 Å². The first-order valence-electron chi connectivity index (χ1n) is 9.21. The lowest BCUT2D eigenvalue weighted by Gasteiger charge is -2.23. The molecule has 0 radical (unpaired) electrons. The molecular weight excluding hydrogens is 344 g/mol. The van der Waals surface area contributed by atoms with Gasteiger partial charge in [0.15, 0.2) is 0 Å². The lowest BCUT2D eigenvalue weighted by molar-refractivity contribution is -0.384. The molecular formula is C20H24N4O3. The number of nitro groups is 1. The van der Waals surface area contributed by atoms with Crippen LogP contribution in [0.25, 0.3) is 0 Å². The van der Waals surface area contributed by atoms with Crippen LogP contribution in [0, 0.1) is 10.1 Å². The molecule has 1 aliphatic rings. The summed E-state index contributed by atoms with van der Waals surface area (Å²) < 4.78 is 0. The van der Waals surface area contributed by atoms with Crippen molar-refractivity contribution in [1.29, 1.82) is 0 Å². The van der Waals surface area contributed by atoms with Gasteiger partial charge in [-0.25, -0.2) is 0 Å². The summed E-state index contributed by atoms with van der Waals surface area (Å²) in [6.07, 6.45) is 6.23. The fourth-order valence-corrected chi connectivity index (χ4v) is 3.38. The molecule has 0 aromatic heterocycles. The Bertz CT molecular complexity index is 814. The summed E-state index contributed by atoms with van der Waals surface area (Å²) in [5.74, 6) is -0.393. The van der Waals surface area contributed by atoms with Gasteiger partial charge in [-0.15, -0.1) is 0 Å². The van der Waals surface area contributed by atoms with E-state index in [9.17, 15) is 14.9 Å². The monoisotopic (exact) mass is 368 g/mol. The average molecular weight is 368 g/mol. The topological polar surface area (TPSA) is 96.3 Å². The number of hydrogen-bond donors (Lipinski definition) is 3. The number of nitrogens with zero attached hydrogens (tertiary/aromatic N) is 1. The van der Waals surface area contributed by atoms with Crippen LogP contribution in [-0.4, -0.2) is 23.9 Å². The van der Waals surface area contributed by atoms with Gasteiger partial charge in [0.25, 0.3) is 11.6 Å². The van der Waals surface area contributed by atoms with Gasteiger partial charge in [0, 0.05) is 42.3 Å². The van der Waals surface area contributed by atoms with Gasteiger partial charge in [-0.3, -0.25) is 14.9 Å². The normalized spacial score (nSPS) is 14.4. The molecule has 0 aliphatic heterocycles. The Balaban J connectivity index is 1.68. The fraction of sp³-hybridized carbons (Fsp3) is 0.350. The third kappa shape index (κ3) is 4.75. The largest absolute Gasteiger partial charge is 0.387 e. The average Bonchev–Trinajstić information content (AvgIpc) is 2.69. The van der Waals surface area contributed by atoms with Crippen LogP contribution in [0.2, 0.25) is 0 Å². The minimum absolute atomic E-state index is 0.119. The smallest absolute Gasteiger partial charge is 0.270 e. The Labute approximate surface area is 158 Å². The van der Waals surface area contributed by atoms with Crippen LogP contribution in [0.5, 0.6) is 0 Å². The van der Waals surface area contributed by atoms with Gasteiger partial charge in [0.2, 0.25) is 0 Å². The minimum atomic E-state index is -0.512. The van der Waals surface area contributed by atoms with Crippen molar-refractivity contribution in [2.45, 2.75) is 38.1 Å². The molecule has 0 heterocycles. The summed E-state index contributed by atoms with van der Waals surface area (Å²) in [4.78, 5) is 23.1. The van der Waals surface area contributed by atoms with Crippen LogP contribution in [0.3, 0.4) is 0 Å². The molecule has 1 aliphatic carbocycles. The highest BCUT2D eigenvalue weighted by Crippen LogP contribution is 2.25. The van der Waals surface area contributed by atoms with Crippen molar-refractivity contribution in [3.8, 4) is 0 Å². The standard InChI is InChI=1S/C20H24N4O3/c1-21-19-12-11-17(24(26)27)13-18(19)20(25)23-16-9-7-15(8-10-16)22-14-5-3-2-4-6-14/h7-14,21-22H,2-6H2,1H3,(H,23,25). The molecule has 2 aromatic carbocycles. The number of non-ortho nitro benzene ring substituents is 1. The molecule has 3 rings (SSSR count). The summed E-state index contributed by atoms with van der Waals surface area (Å²) in [6.45, 7) is 0. The van der Waals surface area contributed by atoms with Gasteiger partial charge < -0.3 is 16.0 Å². The van der Waals surface area contributed by atoms with E-state index in [-0.39, 0.29) is 11.3 Å². The second kappa shape index (κ2) is 8.53. The number of carbonyl (C=O) groups excluding carboxylic acids is 1. The number of nitro benzene ring substituents is 1. The van der Waals surface area contributed by atoms with Crippen LogP contribution >= 0.6 is 0 Å². The number of hydrogen-bond acceptors (Lipinski definition) is 5. The first-order chi connectivity index (χ1) is 13.1. The molecule has 0 saturated heterocycles. The highest BCUT2D eigenvalue weighted by molar-refractivity contribution is 6.08. The van der Waals surface area contributed by atoms with E-state index in [0.717, 1.165) is 5.69 Å². The van der Waals surface area contributed by atoms with Gasteiger partial charge in [0.1, 0.15) is 0 Å². The SMILES string of the molecule is CNc1ccc([N+](=O)[O-])cc1C(=O)Nc1ccc(NC2CCCCC2)cc1. The molecule has 7 heteroatoms. The van der Waals surface area contributed by atoms with Crippen molar-refractivity contribution in [2.24, 2.45) is 0 Å². The molecule has 0 spiro atoms. The van der Waals surface area contributed by atoms with Gasteiger partial charge in [-0.2, -0.15) is 0 Å². The highest BCUT2D eigenvalue weighted by atomic mass is 16.6. The van der Waals surface area contributed by atoms with E-state index >= 15 is 0 Å². The van der Waals surface area contributed by atoms with Gasteiger partial charge in [-0.1, -0.05) is 19.3 Å². The van der Waals surface area contributed by atoms with Gasteiger partial charge in [0.05, 0.1) is 10.5 Å². The van der Waals surface area contributed by atoms with Crippen LogP contribution < -0.4 is 16.0 Å². The van der Waals surface area contributed by atoms with E-state index in [2.05, 4.69) is 16.0 Å². The lowest BCUT2D eigenvalue weighted by atomic mass is 9.95. The second-order valence-electron chi connectivity index (χ2n) is 6.75. The molecule has 27 heavy (non-hydrogen) atoms. The number of benzene rings is 2. The molecule has 0 unspecified atom stereocenters. The van der Waals surface area contributed by atoms with Crippen LogP contribution in [-0.2, 0) is 0 Å². The molecule has 1 saturated carbocycles. The van der Waals surface area contributed by atoms with Gasteiger partial charge in [-0.05, 0) is 43.2 Å². The summed E-state index contributed by atoms with van der Waals surface area (Å²) in [5.41, 5.74) is 2.32. The van der Waals surface area contributed by atoms with E-state index in [1.807, 2.05) is 24.3 Å². The molecule has 0 atom stereocenters. The minimum Gasteiger partial charge on any atom is -0.387 e. The second-order valence-corrected chi connectivity index (χ2v) is 6.75. The zero-order chi connectivity index (χ0) is 19.2. The Hall–Kier alpha value is -3.09. The predicted octanol–water partition coefficient (Wildman–Crippen LogP) is 4.63. The zero-order valence-corrected chi connectivity index (χ0v) is 15.3. The van der Waals surface area contributed by atoms with Crippen molar-refractivity contribution >= 4 is 28.7 Å². The third-order valence-corrected chi connectivity index (χ3v) is 4.85. The molecule has 3 N–H and O–H groups in total. The first-order valence-corrected chi connectivity index (χ1v) is 9.21.